The van der Waals surface area contributed by atoms with Gasteiger partial charge in [-0.15, -0.1) is 0 Å². The van der Waals surface area contributed by atoms with Crippen LogP contribution in [-0.2, 0) is 19.0 Å². The highest BCUT2D eigenvalue weighted by molar-refractivity contribution is 6.32. The summed E-state index contributed by atoms with van der Waals surface area (Å²) >= 11 is 6.16. The van der Waals surface area contributed by atoms with E-state index in [0.717, 1.165) is 0 Å². The molecular weight excluding hydrogens is 390 g/mol. The smallest absolute Gasteiger partial charge is 0.223 e. The van der Waals surface area contributed by atoms with E-state index in [1.165, 1.54) is 13.2 Å². The fourth-order valence-electron chi connectivity index (χ4n) is 3.32. The van der Waals surface area contributed by atoms with Gasteiger partial charge in [-0.25, -0.2) is 0 Å². The van der Waals surface area contributed by atoms with Crippen molar-refractivity contribution in [1.29, 1.82) is 0 Å². The first-order chi connectivity index (χ1) is 13.5. The summed E-state index contributed by atoms with van der Waals surface area (Å²) in [6.45, 7) is 1.50. The van der Waals surface area contributed by atoms with Gasteiger partial charge in [0, 0.05) is 6.92 Å². The molecule has 2 saturated heterocycles. The summed E-state index contributed by atoms with van der Waals surface area (Å²) in [5.74, 6) is 0.519. The molecule has 0 spiro atoms. The Kier molecular flexibility index (Phi) is 5.56. The number of carbonyl (C=O) groups is 1. The Hall–Kier alpha value is -2.10. The number of rotatable bonds is 4. The Morgan fingerprint density at radius 3 is 2.79 bits per heavy atom. The molecule has 150 valence electrons. The topological polar surface area (TPSA) is 99.4 Å². The molecule has 2 N–H and O–H groups in total. The van der Waals surface area contributed by atoms with E-state index in [1.807, 2.05) is 0 Å². The number of aliphatic hydroxyl groups excluding tert-OH is 1. The van der Waals surface area contributed by atoms with Crippen LogP contribution in [0.25, 0.3) is 0 Å². The first-order valence-electron chi connectivity index (χ1n) is 8.85. The number of amides is 1. The molecule has 0 saturated carbocycles. The zero-order valence-electron chi connectivity index (χ0n) is 15.0. The van der Waals surface area contributed by atoms with E-state index in [1.54, 1.807) is 36.4 Å². The van der Waals surface area contributed by atoms with Gasteiger partial charge < -0.3 is 33.8 Å². The van der Waals surface area contributed by atoms with Crippen molar-refractivity contribution in [1.82, 2.24) is 5.32 Å². The third-order valence-electron chi connectivity index (χ3n) is 4.59. The summed E-state index contributed by atoms with van der Waals surface area (Å²) in [7, 11) is 0. The molecule has 6 atom stereocenters. The number of halogens is 1. The van der Waals surface area contributed by atoms with E-state index in [-0.39, 0.29) is 12.5 Å². The SMILES string of the molecule is CC(=O)N[C@@H]1[C@H](Oc2ccccc2Cl)O[C@@H]2CO[C@H](c3ccco3)O[C@H]2[C@H]1O. The molecule has 0 unspecified atom stereocenters. The van der Waals surface area contributed by atoms with Gasteiger partial charge in [-0.3, -0.25) is 4.79 Å². The van der Waals surface area contributed by atoms with Crippen LogP contribution in [0, 0.1) is 0 Å². The zero-order valence-corrected chi connectivity index (χ0v) is 15.7. The number of carbonyl (C=O) groups excluding carboxylic acids is 1. The van der Waals surface area contributed by atoms with E-state index < -0.39 is 36.9 Å². The van der Waals surface area contributed by atoms with Crippen molar-refractivity contribution in [3.63, 3.8) is 0 Å². The number of nitrogens with one attached hydrogen (secondary N) is 1. The van der Waals surface area contributed by atoms with Gasteiger partial charge >= 0.3 is 0 Å². The average Bonchev–Trinajstić information content (AvgIpc) is 3.21. The summed E-state index contributed by atoms with van der Waals surface area (Å²) < 4.78 is 28.6. The third-order valence-corrected chi connectivity index (χ3v) is 4.90. The fourth-order valence-corrected chi connectivity index (χ4v) is 3.50. The van der Waals surface area contributed by atoms with Crippen LogP contribution in [0.15, 0.2) is 47.1 Å². The summed E-state index contributed by atoms with van der Waals surface area (Å²) in [4.78, 5) is 11.7. The van der Waals surface area contributed by atoms with Crippen molar-refractivity contribution in [2.24, 2.45) is 0 Å². The molecule has 2 fully saturated rings. The van der Waals surface area contributed by atoms with Gasteiger partial charge in [0.25, 0.3) is 0 Å². The summed E-state index contributed by atoms with van der Waals surface area (Å²) in [5.41, 5.74) is 0. The lowest BCUT2D eigenvalue weighted by atomic mass is 9.96. The van der Waals surface area contributed by atoms with Crippen molar-refractivity contribution in [3.8, 4) is 5.75 Å². The van der Waals surface area contributed by atoms with Gasteiger partial charge in [0.2, 0.25) is 18.5 Å². The van der Waals surface area contributed by atoms with Crippen molar-refractivity contribution < 1.29 is 33.3 Å². The predicted molar refractivity (Wildman–Crippen MR) is 96.6 cm³/mol. The van der Waals surface area contributed by atoms with Crippen molar-refractivity contribution in [2.45, 2.75) is 43.9 Å². The van der Waals surface area contributed by atoms with Crippen LogP contribution in [0.4, 0.5) is 0 Å². The molecule has 3 heterocycles. The minimum Gasteiger partial charge on any atom is -0.464 e. The average molecular weight is 410 g/mol. The van der Waals surface area contributed by atoms with Gasteiger partial charge in [0.1, 0.15) is 30.1 Å². The van der Waals surface area contributed by atoms with E-state index in [9.17, 15) is 9.90 Å². The Labute approximate surface area is 166 Å². The quantitative estimate of drug-likeness (QED) is 0.796. The molecule has 0 bridgehead atoms. The molecule has 1 aromatic heterocycles. The maximum Gasteiger partial charge on any atom is 0.223 e. The lowest BCUT2D eigenvalue weighted by molar-refractivity contribution is -0.336. The number of fused-ring (bicyclic) bond motifs is 1. The lowest BCUT2D eigenvalue weighted by Gasteiger charge is -2.47. The van der Waals surface area contributed by atoms with Crippen LogP contribution in [0.5, 0.6) is 5.75 Å². The van der Waals surface area contributed by atoms with Gasteiger partial charge in [-0.2, -0.15) is 0 Å². The van der Waals surface area contributed by atoms with Crippen molar-refractivity contribution in [2.75, 3.05) is 6.61 Å². The summed E-state index contributed by atoms with van der Waals surface area (Å²) in [6.07, 6.45) is -2.68. The second-order valence-corrected chi connectivity index (χ2v) is 7.00. The van der Waals surface area contributed by atoms with Crippen LogP contribution in [-0.4, -0.2) is 48.3 Å². The number of furan rings is 1. The summed E-state index contributed by atoms with van der Waals surface area (Å²) in [6, 6.07) is 9.45. The number of para-hydroxylation sites is 1. The first-order valence-corrected chi connectivity index (χ1v) is 9.23. The monoisotopic (exact) mass is 409 g/mol. The molecular formula is C19H20ClNO7. The molecule has 0 radical (unpaired) electrons. The fraction of sp³-hybridized carbons (Fsp3) is 0.421. The summed E-state index contributed by atoms with van der Waals surface area (Å²) in [5, 5.41) is 14.0. The first kappa shape index (κ1) is 19.2. The second kappa shape index (κ2) is 8.10. The number of hydrogen-bond acceptors (Lipinski definition) is 7. The van der Waals surface area contributed by atoms with E-state index in [2.05, 4.69) is 5.32 Å². The third kappa shape index (κ3) is 3.87. The Morgan fingerprint density at radius 1 is 1.25 bits per heavy atom. The second-order valence-electron chi connectivity index (χ2n) is 6.59. The predicted octanol–water partition coefficient (Wildman–Crippen LogP) is 2.02. The highest BCUT2D eigenvalue weighted by Crippen LogP contribution is 2.35. The number of ether oxygens (including phenoxy) is 4. The zero-order chi connectivity index (χ0) is 19.7. The molecule has 2 aliphatic heterocycles. The number of benzene rings is 1. The Bertz CT molecular complexity index is 814. The van der Waals surface area contributed by atoms with Gasteiger partial charge in [0.05, 0.1) is 17.9 Å². The minimum absolute atomic E-state index is 0.155. The Morgan fingerprint density at radius 2 is 2.07 bits per heavy atom. The largest absolute Gasteiger partial charge is 0.464 e. The molecule has 1 aromatic carbocycles. The van der Waals surface area contributed by atoms with Gasteiger partial charge in [0.15, 0.2) is 5.76 Å². The van der Waals surface area contributed by atoms with Crippen LogP contribution in [0.3, 0.4) is 0 Å². The highest BCUT2D eigenvalue weighted by Gasteiger charge is 2.51. The van der Waals surface area contributed by atoms with Crippen LogP contribution < -0.4 is 10.1 Å². The van der Waals surface area contributed by atoms with E-state index in [4.69, 9.17) is 35.0 Å². The molecule has 0 aliphatic carbocycles. The maximum atomic E-state index is 11.7. The van der Waals surface area contributed by atoms with Crippen molar-refractivity contribution >= 4 is 17.5 Å². The Balaban J connectivity index is 1.55. The van der Waals surface area contributed by atoms with Crippen LogP contribution >= 0.6 is 11.6 Å². The number of hydrogen-bond donors (Lipinski definition) is 2. The molecule has 2 aliphatic rings. The van der Waals surface area contributed by atoms with Gasteiger partial charge in [-0.05, 0) is 24.3 Å². The minimum atomic E-state index is -1.10. The van der Waals surface area contributed by atoms with Crippen molar-refractivity contribution in [3.05, 3.63) is 53.4 Å². The molecule has 8 nitrogen and oxygen atoms in total. The van der Waals surface area contributed by atoms with Crippen LogP contribution in [0.2, 0.25) is 5.02 Å². The lowest BCUT2D eigenvalue weighted by Crippen LogP contribution is -2.67. The molecule has 28 heavy (non-hydrogen) atoms. The van der Waals surface area contributed by atoms with E-state index in [0.29, 0.717) is 16.5 Å². The molecule has 9 heteroatoms. The van der Waals surface area contributed by atoms with Gasteiger partial charge in [-0.1, -0.05) is 23.7 Å². The standard InChI is InChI=1S/C19H20ClNO7/c1-10(22)21-15-16(23)17-14(9-25-18(28-17)13-7-4-8-24-13)27-19(15)26-12-6-3-2-5-11(12)20/h2-8,14-19,23H,9H2,1H3,(H,21,22)/t14-,15+,16+,17-,18+,19-/m1/s1. The molecule has 4 rings (SSSR count). The maximum absolute atomic E-state index is 11.7. The number of aliphatic hydroxyl groups is 1. The normalized spacial score (nSPS) is 32.4. The van der Waals surface area contributed by atoms with E-state index >= 15 is 0 Å². The highest BCUT2D eigenvalue weighted by atomic mass is 35.5. The molecule has 1 amide bonds. The van der Waals surface area contributed by atoms with Crippen LogP contribution in [0.1, 0.15) is 19.0 Å². The molecule has 2 aromatic rings.